The van der Waals surface area contributed by atoms with Crippen LogP contribution in [0.3, 0.4) is 0 Å². The summed E-state index contributed by atoms with van der Waals surface area (Å²) in [4.78, 5) is 0. The molecule has 0 amide bonds. The van der Waals surface area contributed by atoms with Gasteiger partial charge in [0.15, 0.2) is 0 Å². The molecule has 3 nitrogen and oxygen atoms in total. The maximum atomic E-state index is 11.0. The highest BCUT2D eigenvalue weighted by Gasteiger charge is 2.62. The topological polar surface area (TPSA) is 60.2 Å². The van der Waals surface area contributed by atoms with Crippen LogP contribution >= 0.6 is 0 Å². The van der Waals surface area contributed by atoms with E-state index in [-0.39, 0.29) is 11.0 Å². The lowest BCUT2D eigenvalue weighted by atomic mass is 9.92. The first kappa shape index (κ1) is 9.46. The fourth-order valence-corrected chi connectivity index (χ4v) is 2.96. The van der Waals surface area contributed by atoms with Crippen LogP contribution in [-0.2, 0) is 9.84 Å². The lowest BCUT2D eigenvalue weighted by Gasteiger charge is -2.21. The second-order valence-electron chi connectivity index (χ2n) is 4.82. The highest BCUT2D eigenvalue weighted by Crippen LogP contribution is 2.64. The van der Waals surface area contributed by atoms with Gasteiger partial charge in [-0.3, -0.25) is 0 Å². The molecule has 2 fully saturated rings. The van der Waals surface area contributed by atoms with Crippen LogP contribution in [0.25, 0.3) is 0 Å². The number of sulfone groups is 1. The molecule has 0 spiro atoms. The molecular weight excluding hydrogens is 186 g/mol. The van der Waals surface area contributed by atoms with Gasteiger partial charge in [0, 0.05) is 11.8 Å². The van der Waals surface area contributed by atoms with E-state index in [9.17, 15) is 8.42 Å². The highest BCUT2D eigenvalue weighted by atomic mass is 32.2. The minimum atomic E-state index is -2.81. The van der Waals surface area contributed by atoms with Crippen LogP contribution < -0.4 is 5.73 Å². The zero-order valence-electron chi connectivity index (χ0n) is 8.04. The van der Waals surface area contributed by atoms with Crippen LogP contribution in [0.1, 0.15) is 32.1 Å². The molecule has 0 aromatic heterocycles. The van der Waals surface area contributed by atoms with Crippen molar-refractivity contribution >= 4 is 9.84 Å². The molecule has 0 radical (unpaired) electrons. The molecule has 2 aliphatic rings. The Labute approximate surface area is 79.6 Å². The first-order valence-electron chi connectivity index (χ1n) is 4.84. The van der Waals surface area contributed by atoms with Gasteiger partial charge in [-0.1, -0.05) is 0 Å². The van der Waals surface area contributed by atoms with E-state index in [1.807, 2.05) is 0 Å². The van der Waals surface area contributed by atoms with Crippen LogP contribution in [0.5, 0.6) is 0 Å². The van der Waals surface area contributed by atoms with Gasteiger partial charge in [-0.05, 0) is 37.5 Å². The van der Waals surface area contributed by atoms with Gasteiger partial charge in [0.25, 0.3) is 0 Å². The van der Waals surface area contributed by atoms with E-state index in [1.165, 1.54) is 6.26 Å². The van der Waals surface area contributed by atoms with Crippen LogP contribution in [0.4, 0.5) is 0 Å². The standard InChI is InChI=1S/C9H17NO2S/c1-13(11,12)7-6-8(2-3-8)9(10)4-5-9/h2-7,10H2,1H3. The van der Waals surface area contributed by atoms with E-state index in [4.69, 9.17) is 5.73 Å². The monoisotopic (exact) mass is 203 g/mol. The molecule has 76 valence electrons. The second-order valence-corrected chi connectivity index (χ2v) is 7.08. The zero-order chi connectivity index (χ0) is 9.74. The summed E-state index contributed by atoms with van der Waals surface area (Å²) in [6.07, 6.45) is 6.55. The van der Waals surface area contributed by atoms with Crippen molar-refractivity contribution in [2.45, 2.75) is 37.6 Å². The number of hydrogen-bond donors (Lipinski definition) is 1. The third-order valence-electron chi connectivity index (χ3n) is 3.65. The average molecular weight is 203 g/mol. The summed E-state index contributed by atoms with van der Waals surface area (Å²) >= 11 is 0. The maximum absolute atomic E-state index is 11.0. The lowest BCUT2D eigenvalue weighted by molar-refractivity contribution is 0.366. The van der Waals surface area contributed by atoms with Crippen LogP contribution in [0.2, 0.25) is 0 Å². The molecule has 0 aromatic carbocycles. The molecule has 0 aliphatic heterocycles. The Bertz CT molecular complexity index is 313. The molecule has 4 heteroatoms. The van der Waals surface area contributed by atoms with Gasteiger partial charge < -0.3 is 5.73 Å². The Morgan fingerprint density at radius 3 is 2.08 bits per heavy atom. The number of nitrogens with two attached hydrogens (primary N) is 1. The maximum Gasteiger partial charge on any atom is 0.147 e. The van der Waals surface area contributed by atoms with E-state index in [2.05, 4.69) is 0 Å². The summed E-state index contributed by atoms with van der Waals surface area (Å²) in [6, 6.07) is 0. The summed E-state index contributed by atoms with van der Waals surface area (Å²) in [7, 11) is -2.81. The van der Waals surface area contributed by atoms with Gasteiger partial charge in [0.05, 0.1) is 5.75 Å². The van der Waals surface area contributed by atoms with Crippen molar-refractivity contribution in [3.05, 3.63) is 0 Å². The molecule has 0 saturated heterocycles. The van der Waals surface area contributed by atoms with Gasteiger partial charge in [-0.25, -0.2) is 8.42 Å². The van der Waals surface area contributed by atoms with Gasteiger partial charge in [-0.15, -0.1) is 0 Å². The smallest absolute Gasteiger partial charge is 0.147 e. The summed E-state index contributed by atoms with van der Waals surface area (Å²) in [5.74, 6) is 0.311. The Balaban J connectivity index is 1.95. The molecule has 13 heavy (non-hydrogen) atoms. The fraction of sp³-hybridized carbons (Fsp3) is 1.00. The molecule has 0 bridgehead atoms. The van der Waals surface area contributed by atoms with E-state index in [0.717, 1.165) is 32.1 Å². The second kappa shape index (κ2) is 2.48. The largest absolute Gasteiger partial charge is 0.325 e. The van der Waals surface area contributed by atoms with Crippen molar-refractivity contribution in [2.75, 3.05) is 12.0 Å². The molecular formula is C9H17NO2S. The third kappa shape index (κ3) is 1.74. The van der Waals surface area contributed by atoms with Crippen molar-refractivity contribution in [3.8, 4) is 0 Å². The van der Waals surface area contributed by atoms with Crippen molar-refractivity contribution in [1.82, 2.24) is 0 Å². The summed E-state index contributed by atoms with van der Waals surface area (Å²) in [6.45, 7) is 0. The third-order valence-corrected chi connectivity index (χ3v) is 4.60. The van der Waals surface area contributed by atoms with Gasteiger partial charge in [0.2, 0.25) is 0 Å². The highest BCUT2D eigenvalue weighted by molar-refractivity contribution is 7.90. The van der Waals surface area contributed by atoms with Crippen LogP contribution in [0, 0.1) is 5.41 Å². The molecule has 0 aromatic rings. The molecule has 0 heterocycles. The Kier molecular flexibility index (Phi) is 1.81. The lowest BCUT2D eigenvalue weighted by Crippen LogP contribution is -2.35. The normalized spacial score (nSPS) is 28.5. The molecule has 2 N–H and O–H groups in total. The fourth-order valence-electron chi connectivity index (χ4n) is 2.19. The average Bonchev–Trinajstić information content (AvgIpc) is 2.78. The van der Waals surface area contributed by atoms with E-state index in [1.54, 1.807) is 0 Å². The van der Waals surface area contributed by atoms with Gasteiger partial charge >= 0.3 is 0 Å². The minimum Gasteiger partial charge on any atom is -0.325 e. The quantitative estimate of drug-likeness (QED) is 0.731. The molecule has 2 aliphatic carbocycles. The predicted molar refractivity (Wildman–Crippen MR) is 52.1 cm³/mol. The van der Waals surface area contributed by atoms with Crippen molar-refractivity contribution in [2.24, 2.45) is 11.1 Å². The number of rotatable bonds is 4. The molecule has 2 saturated carbocycles. The molecule has 0 atom stereocenters. The summed E-state index contributed by atoms with van der Waals surface area (Å²) in [5, 5.41) is 0. The predicted octanol–water partition coefficient (Wildman–Crippen LogP) is 0.693. The van der Waals surface area contributed by atoms with Gasteiger partial charge in [0.1, 0.15) is 9.84 Å². The van der Waals surface area contributed by atoms with E-state index in [0.29, 0.717) is 5.75 Å². The Morgan fingerprint density at radius 1 is 1.23 bits per heavy atom. The van der Waals surface area contributed by atoms with Crippen LogP contribution in [-0.4, -0.2) is 26.0 Å². The first-order valence-corrected chi connectivity index (χ1v) is 6.90. The van der Waals surface area contributed by atoms with E-state index < -0.39 is 9.84 Å². The molecule has 2 rings (SSSR count). The summed E-state index contributed by atoms with van der Waals surface area (Å²) in [5.41, 5.74) is 6.34. The van der Waals surface area contributed by atoms with E-state index >= 15 is 0 Å². The zero-order valence-corrected chi connectivity index (χ0v) is 8.86. The number of hydrogen-bond acceptors (Lipinski definition) is 3. The van der Waals surface area contributed by atoms with Gasteiger partial charge in [-0.2, -0.15) is 0 Å². The Hall–Kier alpha value is -0.0900. The van der Waals surface area contributed by atoms with Crippen molar-refractivity contribution < 1.29 is 8.42 Å². The molecule has 0 unspecified atom stereocenters. The van der Waals surface area contributed by atoms with Crippen molar-refractivity contribution in [3.63, 3.8) is 0 Å². The SMILES string of the molecule is CS(=O)(=O)CCC1(C2(N)CC2)CC1. The summed E-state index contributed by atoms with van der Waals surface area (Å²) < 4.78 is 22.0. The van der Waals surface area contributed by atoms with Crippen LogP contribution in [0.15, 0.2) is 0 Å². The Morgan fingerprint density at radius 2 is 1.77 bits per heavy atom. The minimum absolute atomic E-state index is 0.0116. The first-order chi connectivity index (χ1) is 5.87. The van der Waals surface area contributed by atoms with Crippen molar-refractivity contribution in [1.29, 1.82) is 0 Å².